The van der Waals surface area contributed by atoms with E-state index in [-0.39, 0.29) is 13.2 Å². The Kier molecular flexibility index (Phi) is 10.6. The molecule has 0 aliphatic heterocycles. The summed E-state index contributed by atoms with van der Waals surface area (Å²) in [6.07, 6.45) is -4.51. The van der Waals surface area contributed by atoms with E-state index >= 15 is 0 Å². The van der Waals surface area contributed by atoms with Gasteiger partial charge in [0.1, 0.15) is 12.4 Å². The third kappa shape index (κ3) is 10.1. The first-order valence-electron chi connectivity index (χ1n) is 9.12. The highest BCUT2D eigenvalue weighted by atomic mass is 19.4. The third-order valence-electron chi connectivity index (χ3n) is 3.70. The SMILES string of the molecule is NCCCCc1ccc(OCCNC(=O)CNC(OC(=O)C(F)(F)F)C(N)=O)cc1. The van der Waals surface area contributed by atoms with Crippen molar-refractivity contribution in [3.8, 4) is 5.75 Å². The summed E-state index contributed by atoms with van der Waals surface area (Å²) in [6.45, 7) is 0.295. The monoisotopic (exact) mass is 434 g/mol. The van der Waals surface area contributed by atoms with Gasteiger partial charge >= 0.3 is 12.1 Å². The molecule has 1 unspecified atom stereocenters. The van der Waals surface area contributed by atoms with Crippen molar-refractivity contribution in [3.05, 3.63) is 29.8 Å². The summed E-state index contributed by atoms with van der Waals surface area (Å²) in [6, 6.07) is 7.46. The van der Waals surface area contributed by atoms with E-state index in [9.17, 15) is 27.6 Å². The Morgan fingerprint density at radius 1 is 1.10 bits per heavy atom. The van der Waals surface area contributed by atoms with Crippen molar-refractivity contribution >= 4 is 17.8 Å². The van der Waals surface area contributed by atoms with Gasteiger partial charge in [0.25, 0.3) is 5.91 Å². The van der Waals surface area contributed by atoms with Crippen molar-refractivity contribution in [1.29, 1.82) is 0 Å². The fraction of sp³-hybridized carbons (Fsp3) is 0.500. The van der Waals surface area contributed by atoms with Crippen LogP contribution in [0.5, 0.6) is 5.75 Å². The molecule has 0 radical (unpaired) electrons. The average Bonchev–Trinajstić information content (AvgIpc) is 2.68. The number of primary amides is 1. The van der Waals surface area contributed by atoms with Crippen molar-refractivity contribution in [2.75, 3.05) is 26.2 Å². The number of halogens is 3. The minimum absolute atomic E-state index is 0.0995. The molecule has 1 aromatic carbocycles. The summed E-state index contributed by atoms with van der Waals surface area (Å²) in [7, 11) is 0. The van der Waals surface area contributed by atoms with Crippen LogP contribution in [0.25, 0.3) is 0 Å². The van der Waals surface area contributed by atoms with E-state index in [0.29, 0.717) is 12.3 Å². The van der Waals surface area contributed by atoms with Gasteiger partial charge in [0.15, 0.2) is 0 Å². The zero-order chi connectivity index (χ0) is 22.6. The fourth-order valence-corrected chi connectivity index (χ4v) is 2.21. The molecule has 30 heavy (non-hydrogen) atoms. The first-order valence-corrected chi connectivity index (χ1v) is 9.12. The molecular formula is C18H25F3N4O5. The lowest BCUT2D eigenvalue weighted by Crippen LogP contribution is -2.50. The number of hydrogen-bond acceptors (Lipinski definition) is 7. The number of aryl methyl sites for hydroxylation is 1. The van der Waals surface area contributed by atoms with E-state index in [4.69, 9.17) is 16.2 Å². The predicted molar refractivity (Wildman–Crippen MR) is 100 cm³/mol. The zero-order valence-corrected chi connectivity index (χ0v) is 16.2. The highest BCUT2D eigenvalue weighted by molar-refractivity contribution is 5.84. The molecule has 0 fully saturated rings. The van der Waals surface area contributed by atoms with Crippen LogP contribution in [0.3, 0.4) is 0 Å². The summed E-state index contributed by atoms with van der Waals surface area (Å²) in [5.41, 5.74) is 11.5. The number of benzene rings is 1. The molecule has 0 heterocycles. The van der Waals surface area contributed by atoms with Crippen LogP contribution in [0.2, 0.25) is 0 Å². The smallest absolute Gasteiger partial charge is 0.490 e. The molecule has 0 aliphatic rings. The van der Waals surface area contributed by atoms with Gasteiger partial charge in [0.05, 0.1) is 13.1 Å². The van der Waals surface area contributed by atoms with E-state index in [1.54, 1.807) is 12.1 Å². The minimum atomic E-state index is -5.29. The average molecular weight is 434 g/mol. The van der Waals surface area contributed by atoms with Crippen LogP contribution in [-0.4, -0.2) is 56.4 Å². The van der Waals surface area contributed by atoms with Crippen LogP contribution < -0.4 is 26.8 Å². The van der Waals surface area contributed by atoms with Gasteiger partial charge in [-0.2, -0.15) is 13.2 Å². The molecule has 0 aromatic heterocycles. The topological polar surface area (TPSA) is 146 Å². The number of carbonyl (C=O) groups excluding carboxylic acids is 3. The number of amides is 2. The summed E-state index contributed by atoms with van der Waals surface area (Å²) in [4.78, 5) is 33.5. The number of alkyl halides is 3. The number of unbranched alkanes of at least 4 members (excludes halogenated alkanes) is 1. The second kappa shape index (κ2) is 12.6. The largest absolute Gasteiger partial charge is 0.492 e. The molecule has 12 heteroatoms. The van der Waals surface area contributed by atoms with Gasteiger partial charge in [-0.25, -0.2) is 4.79 Å². The number of carbonyl (C=O) groups is 3. The van der Waals surface area contributed by atoms with Gasteiger partial charge in [-0.1, -0.05) is 12.1 Å². The molecule has 0 spiro atoms. The van der Waals surface area contributed by atoms with E-state index in [0.717, 1.165) is 24.8 Å². The lowest BCUT2D eigenvalue weighted by Gasteiger charge is -2.16. The molecule has 9 nitrogen and oxygen atoms in total. The lowest BCUT2D eigenvalue weighted by molar-refractivity contribution is -0.206. The number of nitrogens with two attached hydrogens (primary N) is 2. The van der Waals surface area contributed by atoms with Crippen LogP contribution >= 0.6 is 0 Å². The maximum atomic E-state index is 12.2. The highest BCUT2D eigenvalue weighted by Crippen LogP contribution is 2.17. The molecule has 1 aromatic rings. The Hall–Kier alpha value is -2.86. The number of hydrogen-bond donors (Lipinski definition) is 4. The maximum absolute atomic E-state index is 12.2. The first-order chi connectivity index (χ1) is 14.1. The van der Waals surface area contributed by atoms with Gasteiger partial charge in [0, 0.05) is 0 Å². The maximum Gasteiger partial charge on any atom is 0.490 e. The zero-order valence-electron chi connectivity index (χ0n) is 16.2. The van der Waals surface area contributed by atoms with Crippen molar-refractivity contribution in [2.45, 2.75) is 31.7 Å². The minimum Gasteiger partial charge on any atom is -0.492 e. The molecule has 0 saturated carbocycles. The fourth-order valence-electron chi connectivity index (χ4n) is 2.21. The highest BCUT2D eigenvalue weighted by Gasteiger charge is 2.43. The third-order valence-corrected chi connectivity index (χ3v) is 3.70. The van der Waals surface area contributed by atoms with Crippen LogP contribution in [0.15, 0.2) is 24.3 Å². The second-order valence-corrected chi connectivity index (χ2v) is 6.15. The Balaban J connectivity index is 2.29. The van der Waals surface area contributed by atoms with Gasteiger partial charge in [0.2, 0.25) is 12.1 Å². The van der Waals surface area contributed by atoms with Gasteiger partial charge in [-0.05, 0) is 43.5 Å². The van der Waals surface area contributed by atoms with Crippen LogP contribution in [0, 0.1) is 0 Å². The molecule has 0 saturated heterocycles. The van der Waals surface area contributed by atoms with Gasteiger partial charge in [-0.15, -0.1) is 0 Å². The Bertz CT molecular complexity index is 698. The van der Waals surface area contributed by atoms with E-state index in [1.165, 1.54) is 0 Å². The second-order valence-electron chi connectivity index (χ2n) is 6.15. The molecule has 0 aliphatic carbocycles. The summed E-state index contributed by atoms with van der Waals surface area (Å²) >= 11 is 0. The quantitative estimate of drug-likeness (QED) is 0.194. The molecule has 6 N–H and O–H groups in total. The lowest BCUT2D eigenvalue weighted by atomic mass is 10.1. The van der Waals surface area contributed by atoms with Crippen LogP contribution in [-0.2, 0) is 25.5 Å². The molecule has 0 bridgehead atoms. The number of rotatable bonds is 13. The summed E-state index contributed by atoms with van der Waals surface area (Å²) in [5, 5.41) is 4.45. The predicted octanol–water partition coefficient (Wildman–Crippen LogP) is -0.0305. The first kappa shape index (κ1) is 25.2. The van der Waals surface area contributed by atoms with Gasteiger partial charge in [-0.3, -0.25) is 14.9 Å². The molecular weight excluding hydrogens is 409 g/mol. The number of esters is 1. The standard InChI is InChI=1S/C18H25F3N4O5/c19-18(20,21)17(28)30-16(15(23)27)25-11-14(26)24-9-10-29-13-6-4-12(5-7-13)3-1-2-8-22/h4-7,16,25H,1-3,8-11,22H2,(H2,23,27)(H,24,26). The molecule has 1 rings (SSSR count). The molecule has 1 atom stereocenters. The molecule has 2 amide bonds. The van der Waals surface area contributed by atoms with Crippen molar-refractivity contribution in [1.82, 2.24) is 10.6 Å². The molecule has 168 valence electrons. The Morgan fingerprint density at radius 3 is 2.33 bits per heavy atom. The normalized spacial score (nSPS) is 12.1. The van der Waals surface area contributed by atoms with Crippen molar-refractivity contribution in [3.63, 3.8) is 0 Å². The number of nitrogens with one attached hydrogen (secondary N) is 2. The Labute approximate surface area is 171 Å². The summed E-state index contributed by atoms with van der Waals surface area (Å²) in [5.74, 6) is -4.03. The summed E-state index contributed by atoms with van der Waals surface area (Å²) < 4.78 is 45.8. The van der Waals surface area contributed by atoms with E-state index < -0.39 is 36.7 Å². The van der Waals surface area contributed by atoms with E-state index in [2.05, 4.69) is 10.1 Å². The van der Waals surface area contributed by atoms with E-state index in [1.807, 2.05) is 17.4 Å². The number of ether oxygens (including phenoxy) is 2. The van der Waals surface area contributed by atoms with Crippen LogP contribution in [0.1, 0.15) is 18.4 Å². The van der Waals surface area contributed by atoms with Crippen LogP contribution in [0.4, 0.5) is 13.2 Å². The van der Waals surface area contributed by atoms with Gasteiger partial charge < -0.3 is 26.3 Å². The Morgan fingerprint density at radius 2 is 1.77 bits per heavy atom. The van der Waals surface area contributed by atoms with Crippen molar-refractivity contribution in [2.24, 2.45) is 11.5 Å². The van der Waals surface area contributed by atoms with Crippen molar-refractivity contribution < 1.29 is 37.0 Å².